The van der Waals surface area contributed by atoms with Crippen LogP contribution < -0.4 is 5.01 Å². The van der Waals surface area contributed by atoms with Gasteiger partial charge in [-0.25, -0.2) is 21.5 Å². The number of sulfonamides is 1. The molecule has 3 unspecified atom stereocenters. The Balaban J connectivity index is 1.33. The standard InChI is InChI=1S/C35H47F2N3O4SSi/c1-33(2,3)46(6,7)44-29(23-8-11-26(36)12-9-23)17-10-24-21-38-39(28-15-13-27(37)14-16-28)31(24)32(41)40-30-20-25-18-19-35(30,34(25,4)5)22-45(40,42)43/h8-9,11-16,21,24-25,29-31H,10,17-20,22H2,1-7H3/t24-,25?,29+,30?,31-,35?/m0/s1. The smallest absolute Gasteiger partial charge is 0.261 e. The van der Waals surface area contributed by atoms with Crippen LogP contribution in [-0.2, 0) is 19.2 Å². The van der Waals surface area contributed by atoms with Crippen LogP contribution in [0.15, 0.2) is 53.6 Å². The van der Waals surface area contributed by atoms with E-state index in [1.807, 2.05) is 0 Å². The molecular weight excluding hydrogens is 625 g/mol. The lowest BCUT2D eigenvalue weighted by Crippen LogP contribution is -2.53. The van der Waals surface area contributed by atoms with Gasteiger partial charge >= 0.3 is 0 Å². The number of halogens is 2. The van der Waals surface area contributed by atoms with E-state index in [9.17, 15) is 22.0 Å². The van der Waals surface area contributed by atoms with Crippen molar-refractivity contribution in [3.63, 3.8) is 0 Å². The summed E-state index contributed by atoms with van der Waals surface area (Å²) in [6.07, 6.45) is 4.84. The molecule has 6 atom stereocenters. The molecule has 3 fully saturated rings. The first-order valence-corrected chi connectivity index (χ1v) is 21.0. The molecule has 2 aliphatic carbocycles. The molecule has 2 bridgehead atoms. The average molecular weight is 672 g/mol. The molecule has 2 saturated carbocycles. The zero-order valence-electron chi connectivity index (χ0n) is 28.0. The summed E-state index contributed by atoms with van der Waals surface area (Å²) in [7, 11) is -6.12. The monoisotopic (exact) mass is 671 g/mol. The minimum Gasteiger partial charge on any atom is -0.410 e. The van der Waals surface area contributed by atoms with Crippen LogP contribution in [0.2, 0.25) is 18.1 Å². The number of amides is 1. The summed E-state index contributed by atoms with van der Waals surface area (Å²) in [4.78, 5) is 14.7. The van der Waals surface area contributed by atoms with Crippen molar-refractivity contribution < 1.29 is 26.4 Å². The molecule has 1 saturated heterocycles. The van der Waals surface area contributed by atoms with Crippen LogP contribution in [0.4, 0.5) is 14.5 Å². The topological polar surface area (TPSA) is 79.3 Å². The highest BCUT2D eigenvalue weighted by Crippen LogP contribution is 2.70. The van der Waals surface area contributed by atoms with E-state index in [4.69, 9.17) is 4.43 Å². The van der Waals surface area contributed by atoms with E-state index < -0.39 is 47.4 Å². The van der Waals surface area contributed by atoms with Gasteiger partial charge in [-0.15, -0.1) is 0 Å². The van der Waals surface area contributed by atoms with Crippen molar-refractivity contribution in [3.05, 3.63) is 65.7 Å². The number of benzene rings is 2. The normalized spacial score (nSPS) is 30.2. The molecule has 7 nitrogen and oxygen atoms in total. The van der Waals surface area contributed by atoms with Crippen molar-refractivity contribution in [2.45, 2.75) is 103 Å². The number of carbonyl (C=O) groups is 1. The molecule has 0 aromatic heterocycles. The van der Waals surface area contributed by atoms with Crippen LogP contribution in [0, 0.1) is 34.3 Å². The van der Waals surface area contributed by atoms with Crippen LogP contribution >= 0.6 is 0 Å². The number of carbonyl (C=O) groups excluding carboxylic acids is 1. The zero-order valence-corrected chi connectivity index (χ0v) is 29.8. The van der Waals surface area contributed by atoms with E-state index in [1.54, 1.807) is 35.5 Å². The molecule has 2 heterocycles. The van der Waals surface area contributed by atoms with Crippen molar-refractivity contribution in [2.75, 3.05) is 10.8 Å². The summed E-state index contributed by atoms with van der Waals surface area (Å²) in [6.45, 7) is 15.2. The number of nitrogens with zero attached hydrogens (tertiary/aromatic N) is 3. The summed E-state index contributed by atoms with van der Waals surface area (Å²) in [6, 6.07) is 10.8. The second kappa shape index (κ2) is 11.2. The van der Waals surface area contributed by atoms with Crippen molar-refractivity contribution in [1.29, 1.82) is 0 Å². The lowest BCUT2D eigenvalue weighted by molar-refractivity contribution is -0.131. The minimum atomic E-state index is -3.87. The highest BCUT2D eigenvalue weighted by Gasteiger charge is 2.72. The van der Waals surface area contributed by atoms with Crippen molar-refractivity contribution in [1.82, 2.24) is 4.31 Å². The average Bonchev–Trinajstić information content (AvgIpc) is 3.62. The zero-order chi connectivity index (χ0) is 33.4. The van der Waals surface area contributed by atoms with E-state index in [0.29, 0.717) is 30.9 Å². The molecule has 0 radical (unpaired) electrons. The molecule has 2 aromatic carbocycles. The Bertz CT molecular complexity index is 1620. The summed E-state index contributed by atoms with van der Waals surface area (Å²) in [5.74, 6) is -1.28. The summed E-state index contributed by atoms with van der Waals surface area (Å²) < 4.78 is 63.8. The van der Waals surface area contributed by atoms with Gasteiger partial charge in [0.1, 0.15) is 17.7 Å². The van der Waals surface area contributed by atoms with E-state index in [2.05, 4.69) is 52.8 Å². The fourth-order valence-electron chi connectivity index (χ4n) is 8.39. The van der Waals surface area contributed by atoms with Crippen LogP contribution in [0.5, 0.6) is 0 Å². The lowest BCUT2D eigenvalue weighted by Gasteiger charge is -2.40. The maximum absolute atomic E-state index is 14.7. The molecular formula is C35H47F2N3O4SSi. The van der Waals surface area contributed by atoms with Crippen LogP contribution in [0.1, 0.15) is 78.4 Å². The molecule has 1 spiro atoms. The van der Waals surface area contributed by atoms with Crippen molar-refractivity contribution >= 4 is 36.1 Å². The Morgan fingerprint density at radius 3 is 2.26 bits per heavy atom. The summed E-state index contributed by atoms with van der Waals surface area (Å²) in [5, 5.41) is 6.14. The van der Waals surface area contributed by atoms with Gasteiger partial charge in [0.05, 0.1) is 23.6 Å². The van der Waals surface area contributed by atoms with E-state index in [0.717, 1.165) is 18.4 Å². The Kier molecular flexibility index (Phi) is 8.12. The Labute approximate surface area is 273 Å². The second-order valence-corrected chi connectivity index (χ2v) is 22.5. The summed E-state index contributed by atoms with van der Waals surface area (Å²) >= 11 is 0. The van der Waals surface area contributed by atoms with Gasteiger partial charge in [0.15, 0.2) is 8.32 Å². The third kappa shape index (κ3) is 5.34. The van der Waals surface area contributed by atoms with Crippen LogP contribution in [0.3, 0.4) is 0 Å². The maximum atomic E-state index is 14.7. The van der Waals surface area contributed by atoms with Gasteiger partial charge in [-0.05, 0) is 104 Å². The molecule has 11 heteroatoms. The molecule has 4 aliphatic rings. The molecule has 2 aromatic rings. The predicted molar refractivity (Wildman–Crippen MR) is 179 cm³/mol. The van der Waals surface area contributed by atoms with Crippen molar-refractivity contribution in [2.24, 2.45) is 27.8 Å². The van der Waals surface area contributed by atoms with Gasteiger partial charge in [0, 0.05) is 17.5 Å². The van der Waals surface area contributed by atoms with Gasteiger partial charge in [-0.1, -0.05) is 46.8 Å². The fraction of sp³-hybridized carbons (Fsp3) is 0.600. The lowest BCUT2D eigenvalue weighted by atomic mass is 9.69. The SMILES string of the molecule is CC1(C)C2CCC13CS(=O)(=O)N(C(=O)[C@@H]1[C@@H](CC[C@@H](O[Si](C)(C)C(C)(C)C)c4ccc(F)cc4)C=NN1c1ccc(F)cc1)C3C2. The molecule has 2 aliphatic heterocycles. The number of rotatable bonds is 8. The molecule has 46 heavy (non-hydrogen) atoms. The summed E-state index contributed by atoms with van der Waals surface area (Å²) in [5.41, 5.74) is 0.746. The van der Waals surface area contributed by atoms with Crippen LogP contribution in [0.25, 0.3) is 0 Å². The Morgan fingerprint density at radius 2 is 1.67 bits per heavy atom. The van der Waals surface area contributed by atoms with Gasteiger partial charge in [-0.2, -0.15) is 5.10 Å². The highest BCUT2D eigenvalue weighted by molar-refractivity contribution is 7.90. The third-order valence-electron chi connectivity index (χ3n) is 12.3. The van der Waals surface area contributed by atoms with Crippen molar-refractivity contribution in [3.8, 4) is 0 Å². The van der Waals surface area contributed by atoms with E-state index in [1.165, 1.54) is 28.6 Å². The maximum Gasteiger partial charge on any atom is 0.261 e. The van der Waals surface area contributed by atoms with E-state index >= 15 is 0 Å². The number of hydrogen-bond donors (Lipinski definition) is 0. The number of hydrogen-bond acceptors (Lipinski definition) is 6. The highest BCUT2D eigenvalue weighted by atomic mass is 32.2. The van der Waals surface area contributed by atoms with Gasteiger partial charge < -0.3 is 4.43 Å². The first-order chi connectivity index (χ1) is 21.4. The molecule has 6 rings (SSSR count). The van der Waals surface area contributed by atoms with Gasteiger partial charge in [0.25, 0.3) is 5.91 Å². The quantitative estimate of drug-likeness (QED) is 0.269. The van der Waals surface area contributed by atoms with E-state index in [-0.39, 0.29) is 34.2 Å². The first kappa shape index (κ1) is 33.3. The minimum absolute atomic E-state index is 0.0122. The van der Waals surface area contributed by atoms with Gasteiger partial charge in [-0.3, -0.25) is 9.80 Å². The largest absolute Gasteiger partial charge is 0.410 e. The third-order valence-corrected chi connectivity index (χ3v) is 18.7. The van der Waals surface area contributed by atoms with Gasteiger partial charge in [0.2, 0.25) is 10.0 Å². The second-order valence-electron chi connectivity index (χ2n) is 15.9. The van der Waals surface area contributed by atoms with Crippen LogP contribution in [-0.4, -0.2) is 51.0 Å². The fourth-order valence-corrected chi connectivity index (χ4v) is 12.3. The predicted octanol–water partition coefficient (Wildman–Crippen LogP) is 7.67. The Morgan fingerprint density at radius 1 is 1.07 bits per heavy atom. The Hall–Kier alpha value is -2.63. The number of hydrazone groups is 1. The molecule has 0 N–H and O–H groups in total. The molecule has 250 valence electrons. The number of fused-ring (bicyclic) bond motifs is 1. The first-order valence-electron chi connectivity index (χ1n) is 16.5. The molecule has 1 amide bonds. The number of anilines is 1.